The molecule has 0 amide bonds. The molecular formula is C20H19BrFNO2S. The second kappa shape index (κ2) is 9.16. The van der Waals surface area contributed by atoms with Gasteiger partial charge in [-0.15, -0.1) is 11.3 Å². The molecule has 3 rings (SSSR count). The van der Waals surface area contributed by atoms with E-state index in [2.05, 4.69) is 38.8 Å². The molecule has 0 aliphatic rings. The second-order valence-electron chi connectivity index (χ2n) is 5.71. The molecule has 0 saturated carbocycles. The van der Waals surface area contributed by atoms with Crippen LogP contribution in [0.15, 0.2) is 58.4 Å². The Labute approximate surface area is 164 Å². The van der Waals surface area contributed by atoms with Crippen molar-refractivity contribution in [1.82, 2.24) is 5.32 Å². The topological polar surface area (TPSA) is 30.5 Å². The van der Waals surface area contributed by atoms with Crippen molar-refractivity contribution in [3.63, 3.8) is 0 Å². The predicted octanol–water partition coefficient (Wildman–Crippen LogP) is 5.53. The second-order valence-corrected chi connectivity index (χ2v) is 7.59. The van der Waals surface area contributed by atoms with Gasteiger partial charge < -0.3 is 14.8 Å². The summed E-state index contributed by atoms with van der Waals surface area (Å²) in [6.45, 7) is 1.90. The summed E-state index contributed by atoms with van der Waals surface area (Å²) in [5, 5.41) is 5.50. The number of hydrogen-bond donors (Lipinski definition) is 1. The Morgan fingerprint density at radius 1 is 1.08 bits per heavy atom. The average Bonchev–Trinajstić information content (AvgIpc) is 3.15. The van der Waals surface area contributed by atoms with E-state index in [9.17, 15) is 4.39 Å². The maximum absolute atomic E-state index is 13.0. The van der Waals surface area contributed by atoms with Gasteiger partial charge in [-0.05, 0) is 62.8 Å². The van der Waals surface area contributed by atoms with E-state index in [1.54, 1.807) is 30.6 Å². The number of rotatable bonds is 8. The first-order valence-corrected chi connectivity index (χ1v) is 9.79. The molecular weight excluding hydrogens is 417 g/mol. The molecule has 0 saturated heterocycles. The summed E-state index contributed by atoms with van der Waals surface area (Å²) in [6.07, 6.45) is 0. The van der Waals surface area contributed by atoms with E-state index in [0.717, 1.165) is 28.7 Å². The SMILES string of the molecule is COc1cc(CNCc2cccs2)cc(Br)c1OCc1ccc(F)cc1. The Morgan fingerprint density at radius 2 is 1.88 bits per heavy atom. The van der Waals surface area contributed by atoms with Crippen LogP contribution in [0.1, 0.15) is 16.0 Å². The van der Waals surface area contributed by atoms with Crippen molar-refractivity contribution < 1.29 is 13.9 Å². The molecule has 1 heterocycles. The molecule has 6 heteroatoms. The Hall–Kier alpha value is -1.89. The summed E-state index contributed by atoms with van der Waals surface area (Å²) in [6, 6.07) is 14.4. The number of hydrogen-bond acceptors (Lipinski definition) is 4. The zero-order valence-corrected chi connectivity index (χ0v) is 16.7. The summed E-state index contributed by atoms with van der Waals surface area (Å²) in [4.78, 5) is 1.30. The first-order chi connectivity index (χ1) is 12.7. The lowest BCUT2D eigenvalue weighted by Gasteiger charge is -2.15. The molecule has 3 nitrogen and oxygen atoms in total. The number of benzene rings is 2. The first kappa shape index (κ1) is 18.9. The third-order valence-electron chi connectivity index (χ3n) is 3.79. The highest BCUT2D eigenvalue weighted by Gasteiger charge is 2.12. The van der Waals surface area contributed by atoms with Gasteiger partial charge in [0.25, 0.3) is 0 Å². The van der Waals surface area contributed by atoms with Gasteiger partial charge in [0.05, 0.1) is 11.6 Å². The third-order valence-corrected chi connectivity index (χ3v) is 5.26. The molecule has 1 aromatic heterocycles. The van der Waals surface area contributed by atoms with Crippen LogP contribution in [0.2, 0.25) is 0 Å². The van der Waals surface area contributed by atoms with Gasteiger partial charge in [-0.25, -0.2) is 4.39 Å². The van der Waals surface area contributed by atoms with Gasteiger partial charge in [-0.3, -0.25) is 0 Å². The van der Waals surface area contributed by atoms with Gasteiger partial charge in [0.2, 0.25) is 0 Å². The zero-order chi connectivity index (χ0) is 18.4. The molecule has 0 bridgehead atoms. The van der Waals surface area contributed by atoms with Crippen molar-refractivity contribution in [3.05, 3.63) is 80.2 Å². The summed E-state index contributed by atoms with van der Waals surface area (Å²) in [5.41, 5.74) is 1.99. The molecule has 0 aliphatic heterocycles. The Kier molecular flexibility index (Phi) is 6.66. The average molecular weight is 436 g/mol. The molecule has 0 fully saturated rings. The summed E-state index contributed by atoms with van der Waals surface area (Å²) in [5.74, 6) is 1.04. The van der Waals surface area contributed by atoms with Crippen molar-refractivity contribution in [3.8, 4) is 11.5 Å². The van der Waals surface area contributed by atoms with E-state index in [-0.39, 0.29) is 5.82 Å². The van der Waals surface area contributed by atoms with E-state index in [4.69, 9.17) is 9.47 Å². The highest BCUT2D eigenvalue weighted by atomic mass is 79.9. The number of methoxy groups -OCH3 is 1. The minimum absolute atomic E-state index is 0.257. The maximum atomic E-state index is 13.0. The molecule has 3 aromatic rings. The van der Waals surface area contributed by atoms with Crippen LogP contribution in [-0.2, 0) is 19.7 Å². The van der Waals surface area contributed by atoms with E-state index < -0.39 is 0 Å². The number of nitrogens with one attached hydrogen (secondary N) is 1. The van der Waals surface area contributed by atoms with Gasteiger partial charge >= 0.3 is 0 Å². The zero-order valence-electron chi connectivity index (χ0n) is 14.3. The van der Waals surface area contributed by atoms with Crippen molar-refractivity contribution in [2.24, 2.45) is 0 Å². The monoisotopic (exact) mass is 435 g/mol. The highest BCUT2D eigenvalue weighted by Crippen LogP contribution is 2.37. The molecule has 26 heavy (non-hydrogen) atoms. The van der Waals surface area contributed by atoms with Gasteiger partial charge in [-0.1, -0.05) is 18.2 Å². The highest BCUT2D eigenvalue weighted by molar-refractivity contribution is 9.10. The summed E-state index contributed by atoms with van der Waals surface area (Å²) >= 11 is 5.30. The van der Waals surface area contributed by atoms with Crippen LogP contribution < -0.4 is 14.8 Å². The van der Waals surface area contributed by atoms with Crippen LogP contribution >= 0.6 is 27.3 Å². The minimum Gasteiger partial charge on any atom is -0.493 e. The Morgan fingerprint density at radius 3 is 2.58 bits per heavy atom. The molecule has 1 N–H and O–H groups in total. The third kappa shape index (κ3) is 5.06. The molecule has 136 valence electrons. The van der Waals surface area contributed by atoms with Crippen LogP contribution in [0, 0.1) is 5.82 Å². The fraction of sp³-hybridized carbons (Fsp3) is 0.200. The predicted molar refractivity (Wildman–Crippen MR) is 106 cm³/mol. The lowest BCUT2D eigenvalue weighted by molar-refractivity contribution is 0.282. The van der Waals surface area contributed by atoms with Gasteiger partial charge in [0.1, 0.15) is 12.4 Å². The molecule has 0 unspecified atom stereocenters. The number of thiophene rings is 1. The van der Waals surface area contributed by atoms with Gasteiger partial charge in [-0.2, -0.15) is 0 Å². The van der Waals surface area contributed by atoms with Crippen LogP contribution in [0.25, 0.3) is 0 Å². The van der Waals surface area contributed by atoms with Crippen molar-refractivity contribution in [2.75, 3.05) is 7.11 Å². The van der Waals surface area contributed by atoms with Crippen LogP contribution in [0.4, 0.5) is 4.39 Å². The van der Waals surface area contributed by atoms with Crippen LogP contribution in [0.3, 0.4) is 0 Å². The largest absolute Gasteiger partial charge is 0.493 e. The standard InChI is InChI=1S/C20H19BrFNO2S/c1-24-19-10-15(11-23-12-17-3-2-8-26-17)9-18(21)20(19)25-13-14-4-6-16(22)7-5-14/h2-10,23H,11-13H2,1H3. The van der Waals surface area contributed by atoms with E-state index >= 15 is 0 Å². The van der Waals surface area contributed by atoms with Gasteiger partial charge in [0, 0.05) is 18.0 Å². The maximum Gasteiger partial charge on any atom is 0.175 e. The van der Waals surface area contributed by atoms with Crippen molar-refractivity contribution >= 4 is 27.3 Å². The fourth-order valence-electron chi connectivity index (χ4n) is 2.49. The Bertz CT molecular complexity index is 838. The normalized spacial score (nSPS) is 10.7. The summed E-state index contributed by atoms with van der Waals surface area (Å²) in [7, 11) is 1.62. The van der Waals surface area contributed by atoms with Crippen LogP contribution in [-0.4, -0.2) is 7.11 Å². The fourth-order valence-corrected chi connectivity index (χ4v) is 3.77. The van der Waals surface area contributed by atoms with Crippen molar-refractivity contribution in [2.45, 2.75) is 19.7 Å². The number of ether oxygens (including phenoxy) is 2. The van der Waals surface area contributed by atoms with E-state index in [0.29, 0.717) is 18.1 Å². The first-order valence-electron chi connectivity index (χ1n) is 8.12. The van der Waals surface area contributed by atoms with Crippen LogP contribution in [0.5, 0.6) is 11.5 Å². The van der Waals surface area contributed by atoms with E-state index in [1.165, 1.54) is 17.0 Å². The lowest BCUT2D eigenvalue weighted by Crippen LogP contribution is -2.12. The minimum atomic E-state index is -0.257. The molecule has 0 radical (unpaired) electrons. The quantitative estimate of drug-likeness (QED) is 0.504. The smallest absolute Gasteiger partial charge is 0.175 e. The summed E-state index contributed by atoms with van der Waals surface area (Å²) < 4.78 is 25.2. The molecule has 0 atom stereocenters. The van der Waals surface area contributed by atoms with Gasteiger partial charge in [0.15, 0.2) is 11.5 Å². The lowest BCUT2D eigenvalue weighted by atomic mass is 10.2. The molecule has 0 spiro atoms. The van der Waals surface area contributed by atoms with Crippen molar-refractivity contribution in [1.29, 1.82) is 0 Å². The number of halogens is 2. The molecule has 2 aromatic carbocycles. The molecule has 0 aliphatic carbocycles. The Balaban J connectivity index is 1.65. The van der Waals surface area contributed by atoms with E-state index in [1.807, 2.05) is 12.1 Å².